The molecule has 0 N–H and O–H groups in total. The van der Waals surface area contributed by atoms with Gasteiger partial charge in [-0.05, 0) is 64.9 Å². The summed E-state index contributed by atoms with van der Waals surface area (Å²) in [4.78, 5) is 2.42. The van der Waals surface area contributed by atoms with E-state index in [1.807, 2.05) is 12.1 Å². The van der Waals surface area contributed by atoms with E-state index in [2.05, 4.69) is 155 Å². The molecular formula is C42H26N2O. The lowest BCUT2D eigenvalue weighted by Crippen LogP contribution is -2.12. The number of para-hydroxylation sites is 4. The summed E-state index contributed by atoms with van der Waals surface area (Å²) < 4.78 is 8.89. The van der Waals surface area contributed by atoms with E-state index in [9.17, 15) is 0 Å². The molecule has 0 unspecified atom stereocenters. The molecule has 7 aromatic carbocycles. The Labute approximate surface area is 259 Å². The van der Waals surface area contributed by atoms with E-state index < -0.39 is 0 Å². The third-order valence-electron chi connectivity index (χ3n) is 9.28. The number of fused-ring (bicyclic) bond motifs is 11. The van der Waals surface area contributed by atoms with Gasteiger partial charge in [-0.3, -0.25) is 9.47 Å². The van der Waals surface area contributed by atoms with Crippen LogP contribution in [0.4, 0.5) is 17.2 Å². The van der Waals surface area contributed by atoms with Crippen LogP contribution in [0.3, 0.4) is 0 Å². The largest absolute Gasteiger partial charge is 0.455 e. The summed E-state index contributed by atoms with van der Waals surface area (Å²) in [7, 11) is 0. The molecule has 0 fully saturated rings. The Morgan fingerprint density at radius 3 is 2.09 bits per heavy atom. The van der Waals surface area contributed by atoms with Gasteiger partial charge in [0.15, 0.2) is 0 Å². The molecule has 0 bridgehead atoms. The zero-order valence-corrected chi connectivity index (χ0v) is 24.3. The van der Waals surface area contributed by atoms with Crippen molar-refractivity contribution in [2.24, 2.45) is 0 Å². The molecule has 3 nitrogen and oxygen atoms in total. The van der Waals surface area contributed by atoms with E-state index in [1.54, 1.807) is 0 Å². The summed E-state index contributed by atoms with van der Waals surface area (Å²) in [6.07, 6.45) is 0. The van der Waals surface area contributed by atoms with E-state index in [0.717, 1.165) is 50.3 Å². The lowest BCUT2D eigenvalue weighted by molar-refractivity contribution is 0.670. The van der Waals surface area contributed by atoms with Crippen LogP contribution in [-0.4, -0.2) is 4.57 Å². The number of aromatic nitrogens is 1. The zero-order valence-electron chi connectivity index (χ0n) is 24.3. The standard InChI is InChI=1S/C42H26N2O/c1-2-12-28-25-39-36(24-27(28)11-1)33-16-4-7-21-38(33)43(41-26-30-13-3-6-20-37(30)44(39)41)31-15-9-14-29(23-31)32-18-10-19-35-34-17-5-8-22-40(34)45-42(32)35/h1-26H. The quantitative estimate of drug-likeness (QED) is 0.205. The molecule has 2 aromatic heterocycles. The van der Waals surface area contributed by atoms with Crippen molar-refractivity contribution in [3.63, 3.8) is 0 Å². The first kappa shape index (κ1) is 24.4. The van der Waals surface area contributed by atoms with E-state index in [1.165, 1.54) is 38.5 Å². The van der Waals surface area contributed by atoms with Crippen LogP contribution in [0.5, 0.6) is 0 Å². The predicted octanol–water partition coefficient (Wildman–Crippen LogP) is 11.8. The summed E-state index contributed by atoms with van der Waals surface area (Å²) >= 11 is 0. The SMILES string of the molecule is c1cc(-c2cccc3c2oc2ccccc23)cc(N2c3ccccc3-c3cc4ccccc4cc3-n3c2cc2ccccc23)c1. The van der Waals surface area contributed by atoms with Crippen LogP contribution < -0.4 is 4.90 Å². The number of furan rings is 1. The molecule has 0 atom stereocenters. The minimum Gasteiger partial charge on any atom is -0.455 e. The molecule has 0 spiro atoms. The fraction of sp³-hybridized carbons (Fsp3) is 0. The Balaban J connectivity index is 1.26. The topological polar surface area (TPSA) is 21.3 Å². The van der Waals surface area contributed by atoms with E-state index in [-0.39, 0.29) is 0 Å². The van der Waals surface area contributed by atoms with Crippen LogP contribution in [0.1, 0.15) is 0 Å². The van der Waals surface area contributed by atoms with Crippen molar-refractivity contribution in [2.45, 2.75) is 0 Å². The second kappa shape index (κ2) is 9.22. The minimum atomic E-state index is 0.909. The maximum Gasteiger partial charge on any atom is 0.143 e. The molecule has 0 amide bonds. The van der Waals surface area contributed by atoms with Gasteiger partial charge in [-0.25, -0.2) is 0 Å². The molecule has 210 valence electrons. The van der Waals surface area contributed by atoms with Crippen LogP contribution in [0.15, 0.2) is 162 Å². The highest BCUT2D eigenvalue weighted by atomic mass is 16.3. The van der Waals surface area contributed by atoms with Gasteiger partial charge in [-0.15, -0.1) is 0 Å². The number of hydrogen-bond acceptors (Lipinski definition) is 2. The number of hydrogen-bond donors (Lipinski definition) is 0. The summed E-state index contributed by atoms with van der Waals surface area (Å²) in [6.45, 7) is 0. The monoisotopic (exact) mass is 574 g/mol. The predicted molar refractivity (Wildman–Crippen MR) is 187 cm³/mol. The fourth-order valence-corrected chi connectivity index (χ4v) is 7.27. The highest BCUT2D eigenvalue weighted by Gasteiger charge is 2.28. The maximum absolute atomic E-state index is 6.46. The molecule has 10 rings (SSSR count). The Bertz CT molecular complexity index is 2620. The molecule has 0 saturated heterocycles. The highest BCUT2D eigenvalue weighted by Crippen LogP contribution is 2.50. The zero-order chi connectivity index (χ0) is 29.5. The Morgan fingerprint density at radius 2 is 1.16 bits per heavy atom. The van der Waals surface area contributed by atoms with Crippen LogP contribution in [0, 0.1) is 0 Å². The average Bonchev–Trinajstić information content (AvgIpc) is 3.64. The Hall–Kier alpha value is -6.06. The van der Waals surface area contributed by atoms with E-state index in [4.69, 9.17) is 4.42 Å². The summed E-state index contributed by atoms with van der Waals surface area (Å²) in [5.74, 6) is 1.11. The summed E-state index contributed by atoms with van der Waals surface area (Å²) in [5, 5.41) is 5.95. The molecule has 0 radical (unpaired) electrons. The first-order valence-electron chi connectivity index (χ1n) is 15.4. The van der Waals surface area contributed by atoms with Crippen molar-refractivity contribution in [3.05, 3.63) is 158 Å². The molecule has 3 heterocycles. The van der Waals surface area contributed by atoms with Gasteiger partial charge in [0.1, 0.15) is 17.0 Å². The molecule has 0 saturated carbocycles. The first-order chi connectivity index (χ1) is 22.3. The molecule has 1 aliphatic rings. The van der Waals surface area contributed by atoms with Crippen LogP contribution in [0.25, 0.3) is 71.6 Å². The highest BCUT2D eigenvalue weighted by molar-refractivity contribution is 6.10. The van der Waals surface area contributed by atoms with E-state index >= 15 is 0 Å². The van der Waals surface area contributed by atoms with Crippen LogP contribution in [-0.2, 0) is 0 Å². The fourth-order valence-electron chi connectivity index (χ4n) is 7.27. The van der Waals surface area contributed by atoms with Crippen LogP contribution >= 0.6 is 0 Å². The average molecular weight is 575 g/mol. The van der Waals surface area contributed by atoms with Crippen molar-refractivity contribution in [2.75, 3.05) is 4.90 Å². The molecular weight excluding hydrogens is 548 g/mol. The number of nitrogens with zero attached hydrogens (tertiary/aromatic N) is 2. The second-order valence-corrected chi connectivity index (χ2v) is 11.8. The summed E-state index contributed by atoms with van der Waals surface area (Å²) in [5.41, 5.74) is 11.1. The van der Waals surface area contributed by atoms with Gasteiger partial charge in [0, 0.05) is 38.5 Å². The summed E-state index contributed by atoms with van der Waals surface area (Å²) in [6, 6.07) is 56.7. The van der Waals surface area contributed by atoms with Crippen molar-refractivity contribution in [1.82, 2.24) is 4.57 Å². The van der Waals surface area contributed by atoms with Crippen molar-refractivity contribution < 1.29 is 4.42 Å². The van der Waals surface area contributed by atoms with Crippen LogP contribution in [0.2, 0.25) is 0 Å². The molecule has 3 heteroatoms. The molecule has 1 aliphatic heterocycles. The van der Waals surface area contributed by atoms with Gasteiger partial charge in [0.25, 0.3) is 0 Å². The lowest BCUT2D eigenvalue weighted by atomic mass is 9.97. The van der Waals surface area contributed by atoms with Gasteiger partial charge in [0.2, 0.25) is 0 Å². The van der Waals surface area contributed by atoms with Crippen molar-refractivity contribution in [1.29, 1.82) is 0 Å². The van der Waals surface area contributed by atoms with Crippen molar-refractivity contribution >= 4 is 60.8 Å². The van der Waals surface area contributed by atoms with Gasteiger partial charge < -0.3 is 4.42 Å². The maximum atomic E-state index is 6.46. The van der Waals surface area contributed by atoms with Gasteiger partial charge in [0.05, 0.1) is 16.9 Å². The van der Waals surface area contributed by atoms with Gasteiger partial charge in [-0.2, -0.15) is 0 Å². The Kier molecular flexibility index (Phi) is 5.00. The molecule has 9 aromatic rings. The first-order valence-corrected chi connectivity index (χ1v) is 15.4. The minimum absolute atomic E-state index is 0.909. The Morgan fingerprint density at radius 1 is 0.444 bits per heavy atom. The van der Waals surface area contributed by atoms with Gasteiger partial charge >= 0.3 is 0 Å². The second-order valence-electron chi connectivity index (χ2n) is 11.8. The molecule has 0 aliphatic carbocycles. The smallest absolute Gasteiger partial charge is 0.143 e. The molecule has 45 heavy (non-hydrogen) atoms. The lowest BCUT2D eigenvalue weighted by Gasteiger charge is -2.26. The van der Waals surface area contributed by atoms with Gasteiger partial charge in [-0.1, -0.05) is 109 Å². The number of anilines is 3. The number of benzene rings is 7. The van der Waals surface area contributed by atoms with E-state index in [0.29, 0.717) is 0 Å². The van der Waals surface area contributed by atoms with Crippen molar-refractivity contribution in [3.8, 4) is 27.9 Å². The third-order valence-corrected chi connectivity index (χ3v) is 9.28. The number of rotatable bonds is 2. The normalized spacial score (nSPS) is 12.4. The third kappa shape index (κ3) is 3.52.